The van der Waals surface area contributed by atoms with Crippen molar-refractivity contribution in [3.05, 3.63) is 0 Å². The van der Waals surface area contributed by atoms with Crippen LogP contribution < -0.4 is 0 Å². The summed E-state index contributed by atoms with van der Waals surface area (Å²) in [5.74, 6) is 2.47. The third kappa shape index (κ3) is 6.09. The summed E-state index contributed by atoms with van der Waals surface area (Å²) in [6.07, 6.45) is 2.68. The Labute approximate surface area is 112 Å². The summed E-state index contributed by atoms with van der Waals surface area (Å²) >= 11 is 2.04. The molecule has 0 aromatic rings. The number of nitrogens with zero attached hydrogens (tertiary/aromatic N) is 3. The second-order valence-electron chi connectivity index (χ2n) is 5.25. The standard InChI is InChI=1S/C13H29N3S/c1-5-17-12-16-8-6-13(7-9-16)15(4)11-10-14(2)3/h13H,5-12H2,1-4H3. The zero-order valence-corrected chi connectivity index (χ0v) is 12.8. The first kappa shape index (κ1) is 15.3. The lowest BCUT2D eigenvalue weighted by molar-refractivity contribution is 0.133. The van der Waals surface area contributed by atoms with E-state index in [2.05, 4.69) is 42.8 Å². The van der Waals surface area contributed by atoms with E-state index >= 15 is 0 Å². The van der Waals surface area contributed by atoms with Gasteiger partial charge in [-0.25, -0.2) is 0 Å². The first-order valence-electron chi connectivity index (χ1n) is 6.78. The zero-order valence-electron chi connectivity index (χ0n) is 12.0. The summed E-state index contributed by atoms with van der Waals surface area (Å²) in [5, 5.41) is 0. The molecular formula is C13H29N3S. The Kier molecular flexibility index (Phi) is 7.51. The molecule has 4 heteroatoms. The van der Waals surface area contributed by atoms with Gasteiger partial charge in [0.15, 0.2) is 0 Å². The van der Waals surface area contributed by atoms with Gasteiger partial charge in [0.05, 0.1) is 0 Å². The highest BCUT2D eigenvalue weighted by Gasteiger charge is 2.21. The lowest BCUT2D eigenvalue weighted by Crippen LogP contribution is -2.44. The average molecular weight is 259 g/mol. The molecule has 1 heterocycles. The van der Waals surface area contributed by atoms with Crippen molar-refractivity contribution in [1.29, 1.82) is 0 Å². The maximum Gasteiger partial charge on any atom is 0.0444 e. The molecule has 0 saturated carbocycles. The van der Waals surface area contributed by atoms with Gasteiger partial charge in [0, 0.05) is 38.1 Å². The SMILES string of the molecule is CCSCN1CCC(N(C)CCN(C)C)CC1. The van der Waals surface area contributed by atoms with E-state index in [-0.39, 0.29) is 0 Å². The number of hydrogen-bond acceptors (Lipinski definition) is 4. The zero-order chi connectivity index (χ0) is 12.7. The van der Waals surface area contributed by atoms with Crippen molar-refractivity contribution in [2.45, 2.75) is 25.8 Å². The van der Waals surface area contributed by atoms with Crippen molar-refractivity contribution >= 4 is 11.8 Å². The molecule has 17 heavy (non-hydrogen) atoms. The van der Waals surface area contributed by atoms with Crippen LogP contribution in [0, 0.1) is 0 Å². The van der Waals surface area contributed by atoms with Crippen LogP contribution in [0.4, 0.5) is 0 Å². The second kappa shape index (κ2) is 8.35. The Morgan fingerprint density at radius 2 is 1.76 bits per heavy atom. The molecule has 0 amide bonds. The van der Waals surface area contributed by atoms with Crippen molar-refractivity contribution in [1.82, 2.24) is 14.7 Å². The van der Waals surface area contributed by atoms with Gasteiger partial charge < -0.3 is 9.80 Å². The van der Waals surface area contributed by atoms with Gasteiger partial charge in [0.1, 0.15) is 0 Å². The molecule has 1 saturated heterocycles. The minimum Gasteiger partial charge on any atom is -0.308 e. The molecule has 0 atom stereocenters. The predicted octanol–water partition coefficient (Wildman–Crippen LogP) is 1.65. The van der Waals surface area contributed by atoms with Crippen molar-refractivity contribution in [3.8, 4) is 0 Å². The fourth-order valence-electron chi connectivity index (χ4n) is 2.25. The normalized spacial score (nSPS) is 19.4. The predicted molar refractivity (Wildman–Crippen MR) is 78.8 cm³/mol. The van der Waals surface area contributed by atoms with Gasteiger partial charge in [-0.15, -0.1) is 11.8 Å². The van der Waals surface area contributed by atoms with Crippen LogP contribution in [0.3, 0.4) is 0 Å². The topological polar surface area (TPSA) is 9.72 Å². The number of thioether (sulfide) groups is 1. The fraction of sp³-hybridized carbons (Fsp3) is 1.00. The lowest BCUT2D eigenvalue weighted by atomic mass is 10.0. The highest BCUT2D eigenvalue weighted by atomic mass is 32.2. The molecule has 1 fully saturated rings. The van der Waals surface area contributed by atoms with Gasteiger partial charge in [-0.1, -0.05) is 6.92 Å². The first-order chi connectivity index (χ1) is 8.13. The van der Waals surface area contributed by atoms with Crippen LogP contribution in [0.25, 0.3) is 0 Å². The van der Waals surface area contributed by atoms with Gasteiger partial charge in [0.2, 0.25) is 0 Å². The summed E-state index contributed by atoms with van der Waals surface area (Å²) in [7, 11) is 6.58. The van der Waals surface area contributed by atoms with Crippen LogP contribution in [0.1, 0.15) is 19.8 Å². The Hall–Kier alpha value is 0.230. The minimum absolute atomic E-state index is 0.804. The molecule has 0 spiro atoms. The average Bonchev–Trinajstić information content (AvgIpc) is 2.34. The van der Waals surface area contributed by atoms with E-state index < -0.39 is 0 Å². The van der Waals surface area contributed by atoms with Gasteiger partial charge in [0.25, 0.3) is 0 Å². The molecule has 1 aliphatic rings. The molecule has 1 rings (SSSR count). The maximum absolute atomic E-state index is 2.60. The number of hydrogen-bond donors (Lipinski definition) is 0. The number of likely N-dealkylation sites (N-methyl/N-ethyl adjacent to an activating group) is 2. The summed E-state index contributed by atoms with van der Waals surface area (Å²) in [6.45, 7) is 7.17. The fourth-order valence-corrected chi connectivity index (χ4v) is 2.95. The van der Waals surface area contributed by atoms with Crippen LogP contribution in [-0.2, 0) is 0 Å². The molecule has 0 bridgehead atoms. The molecule has 0 aliphatic carbocycles. The number of rotatable bonds is 7. The second-order valence-corrected chi connectivity index (χ2v) is 6.50. The van der Waals surface area contributed by atoms with Crippen LogP contribution in [0.5, 0.6) is 0 Å². The van der Waals surface area contributed by atoms with Crippen LogP contribution in [-0.4, -0.2) is 79.7 Å². The van der Waals surface area contributed by atoms with E-state index in [9.17, 15) is 0 Å². The monoisotopic (exact) mass is 259 g/mol. The molecule has 0 radical (unpaired) electrons. The molecule has 0 N–H and O–H groups in total. The third-order valence-electron chi connectivity index (χ3n) is 3.56. The summed E-state index contributed by atoms with van der Waals surface area (Å²) in [4.78, 5) is 7.41. The van der Waals surface area contributed by atoms with E-state index in [4.69, 9.17) is 0 Å². The third-order valence-corrected chi connectivity index (χ3v) is 4.51. The molecule has 0 unspecified atom stereocenters. The largest absolute Gasteiger partial charge is 0.308 e. The van der Waals surface area contributed by atoms with Crippen LogP contribution in [0.15, 0.2) is 0 Å². The summed E-state index contributed by atoms with van der Waals surface area (Å²) in [6, 6.07) is 0.804. The first-order valence-corrected chi connectivity index (χ1v) is 7.94. The number of piperidine rings is 1. The van der Waals surface area contributed by atoms with Gasteiger partial charge in [-0.2, -0.15) is 0 Å². The van der Waals surface area contributed by atoms with Gasteiger partial charge in [-0.05, 0) is 39.7 Å². The molecule has 102 valence electrons. The van der Waals surface area contributed by atoms with Crippen molar-refractivity contribution in [2.24, 2.45) is 0 Å². The van der Waals surface area contributed by atoms with Crippen molar-refractivity contribution in [3.63, 3.8) is 0 Å². The Bertz CT molecular complexity index is 191. The van der Waals surface area contributed by atoms with E-state index in [1.54, 1.807) is 0 Å². The van der Waals surface area contributed by atoms with Gasteiger partial charge >= 0.3 is 0 Å². The number of likely N-dealkylation sites (tertiary alicyclic amines) is 1. The maximum atomic E-state index is 2.60. The van der Waals surface area contributed by atoms with Crippen LogP contribution in [0.2, 0.25) is 0 Å². The minimum atomic E-state index is 0.804. The molecule has 1 aliphatic heterocycles. The molecule has 3 nitrogen and oxygen atoms in total. The van der Waals surface area contributed by atoms with E-state index in [0.29, 0.717) is 0 Å². The summed E-state index contributed by atoms with van der Waals surface area (Å²) in [5.41, 5.74) is 0. The van der Waals surface area contributed by atoms with E-state index in [1.165, 1.54) is 50.7 Å². The Morgan fingerprint density at radius 1 is 1.12 bits per heavy atom. The highest BCUT2D eigenvalue weighted by molar-refractivity contribution is 7.99. The van der Waals surface area contributed by atoms with E-state index in [0.717, 1.165) is 6.04 Å². The Morgan fingerprint density at radius 3 is 2.29 bits per heavy atom. The van der Waals surface area contributed by atoms with Crippen molar-refractivity contribution < 1.29 is 0 Å². The smallest absolute Gasteiger partial charge is 0.0444 e. The molecular weight excluding hydrogens is 230 g/mol. The summed E-state index contributed by atoms with van der Waals surface area (Å²) < 4.78 is 0. The van der Waals surface area contributed by atoms with Gasteiger partial charge in [-0.3, -0.25) is 4.90 Å². The Balaban J connectivity index is 2.17. The van der Waals surface area contributed by atoms with E-state index in [1.807, 2.05) is 11.8 Å². The highest BCUT2D eigenvalue weighted by Crippen LogP contribution is 2.17. The van der Waals surface area contributed by atoms with Crippen LogP contribution >= 0.6 is 11.8 Å². The quantitative estimate of drug-likeness (QED) is 0.687. The molecule has 0 aromatic heterocycles. The lowest BCUT2D eigenvalue weighted by Gasteiger charge is -2.36. The van der Waals surface area contributed by atoms with Crippen molar-refractivity contribution in [2.75, 3.05) is 59.0 Å². The molecule has 0 aromatic carbocycles.